The van der Waals surface area contributed by atoms with Gasteiger partial charge < -0.3 is 14.9 Å². The lowest BCUT2D eigenvalue weighted by Gasteiger charge is -2.26. The van der Waals surface area contributed by atoms with Gasteiger partial charge in [0.15, 0.2) is 0 Å². The van der Waals surface area contributed by atoms with Crippen molar-refractivity contribution in [1.29, 1.82) is 0 Å². The number of hydrogen-bond donors (Lipinski definition) is 1. The maximum absolute atomic E-state index is 13.6. The van der Waals surface area contributed by atoms with Crippen LogP contribution in [0.15, 0.2) is 35.5 Å². The molecule has 2 unspecified atom stereocenters. The lowest BCUT2D eigenvalue weighted by Crippen LogP contribution is -2.50. The molecule has 148 valence electrons. The van der Waals surface area contributed by atoms with Crippen molar-refractivity contribution in [2.24, 2.45) is 17.0 Å². The summed E-state index contributed by atoms with van der Waals surface area (Å²) in [5.41, 5.74) is 0.638. The molecule has 0 radical (unpaired) electrons. The number of benzene rings is 1. The molecule has 2 aliphatic heterocycles. The predicted molar refractivity (Wildman–Crippen MR) is 98.5 cm³/mol. The van der Waals surface area contributed by atoms with Crippen molar-refractivity contribution in [2.75, 3.05) is 12.9 Å². The highest BCUT2D eigenvalue weighted by atomic mass is 32.2. The maximum atomic E-state index is 13.6. The Hall–Kier alpha value is -2.42. The minimum absolute atomic E-state index is 0.270. The molecule has 0 bridgehead atoms. The molecule has 1 aliphatic carbocycles. The molecule has 0 spiro atoms. The van der Waals surface area contributed by atoms with E-state index >= 15 is 0 Å². The van der Waals surface area contributed by atoms with E-state index in [9.17, 15) is 18.4 Å². The lowest BCUT2D eigenvalue weighted by molar-refractivity contribution is -0.144. The van der Waals surface area contributed by atoms with Crippen LogP contribution in [0.5, 0.6) is 0 Å². The standard InChI is InChI=1S/C19H18F2N2O4S/c1-26-17(24)10-2-3-14(8-10)22-18(25)19-15(4-5-28-19)16(23-27-19)11-6-12(20)9-13(21)7-11/h2-3,6-7,9-10,14-15H,4-5,8H2,1H3,(H,22,25)/t10-,14+,15?,19?/m1/s1. The fourth-order valence-electron chi connectivity index (χ4n) is 3.83. The molecule has 4 rings (SSSR count). The molecule has 28 heavy (non-hydrogen) atoms. The van der Waals surface area contributed by atoms with Crippen LogP contribution < -0.4 is 5.32 Å². The van der Waals surface area contributed by atoms with Gasteiger partial charge >= 0.3 is 5.97 Å². The topological polar surface area (TPSA) is 77.0 Å². The predicted octanol–water partition coefficient (Wildman–Crippen LogP) is 2.38. The van der Waals surface area contributed by atoms with E-state index in [0.29, 0.717) is 24.3 Å². The fourth-order valence-corrected chi connectivity index (χ4v) is 5.20. The number of esters is 1. The van der Waals surface area contributed by atoms with Crippen molar-refractivity contribution >= 4 is 29.4 Å². The molecule has 1 N–H and O–H groups in total. The molecule has 1 aromatic carbocycles. The van der Waals surface area contributed by atoms with Crippen molar-refractivity contribution in [3.8, 4) is 0 Å². The van der Waals surface area contributed by atoms with Crippen LogP contribution in [0.2, 0.25) is 0 Å². The van der Waals surface area contributed by atoms with E-state index < -0.39 is 28.4 Å². The van der Waals surface area contributed by atoms with Crippen molar-refractivity contribution in [1.82, 2.24) is 5.32 Å². The van der Waals surface area contributed by atoms with E-state index in [0.717, 1.165) is 6.07 Å². The quantitative estimate of drug-likeness (QED) is 0.612. The molecule has 2 heterocycles. The second-order valence-electron chi connectivity index (χ2n) is 6.91. The SMILES string of the molecule is COC(=O)[C@@H]1C=C[C@H](NC(=O)C23ON=C(c4cc(F)cc(F)c4)C2CCS3)C1. The third-order valence-corrected chi connectivity index (χ3v) is 6.58. The van der Waals surface area contributed by atoms with Gasteiger partial charge in [-0.2, -0.15) is 0 Å². The van der Waals surface area contributed by atoms with Crippen LogP contribution in [0.3, 0.4) is 0 Å². The first-order valence-electron chi connectivity index (χ1n) is 8.86. The summed E-state index contributed by atoms with van der Waals surface area (Å²) in [5, 5.41) is 6.89. The Labute approximate surface area is 164 Å². The van der Waals surface area contributed by atoms with Crippen molar-refractivity contribution < 1.29 is 27.9 Å². The molecule has 1 saturated heterocycles. The van der Waals surface area contributed by atoms with E-state index in [1.165, 1.54) is 31.0 Å². The van der Waals surface area contributed by atoms with Gasteiger partial charge in [-0.15, -0.1) is 11.8 Å². The molecule has 3 aliphatic rings. The van der Waals surface area contributed by atoms with Crippen molar-refractivity contribution in [3.63, 3.8) is 0 Å². The zero-order valence-corrected chi connectivity index (χ0v) is 15.8. The number of ether oxygens (including phenoxy) is 1. The average Bonchev–Trinajstić information content (AvgIpc) is 3.35. The number of halogens is 2. The number of amides is 1. The molecule has 0 aromatic heterocycles. The summed E-state index contributed by atoms with van der Waals surface area (Å²) in [5.74, 6) is -2.30. The van der Waals surface area contributed by atoms with E-state index in [2.05, 4.69) is 10.5 Å². The first kappa shape index (κ1) is 18.9. The number of oxime groups is 1. The number of rotatable bonds is 4. The van der Waals surface area contributed by atoms with Gasteiger partial charge in [0, 0.05) is 17.7 Å². The molecule has 9 heteroatoms. The van der Waals surface area contributed by atoms with E-state index in [4.69, 9.17) is 9.57 Å². The maximum Gasteiger partial charge on any atom is 0.312 e. The van der Waals surface area contributed by atoms with Crippen LogP contribution in [0, 0.1) is 23.5 Å². The summed E-state index contributed by atoms with van der Waals surface area (Å²) in [6.45, 7) is 0. The van der Waals surface area contributed by atoms with Gasteiger partial charge in [0.05, 0.1) is 24.7 Å². The lowest BCUT2D eigenvalue weighted by atomic mass is 9.89. The van der Waals surface area contributed by atoms with Crippen LogP contribution >= 0.6 is 11.8 Å². The number of thioether (sulfide) groups is 1. The number of nitrogens with one attached hydrogen (secondary N) is 1. The Kier molecular flexibility index (Phi) is 4.86. The minimum atomic E-state index is -1.27. The molecule has 1 aromatic rings. The first-order chi connectivity index (χ1) is 13.4. The second-order valence-corrected chi connectivity index (χ2v) is 8.22. The Bertz CT molecular complexity index is 870. The van der Waals surface area contributed by atoms with E-state index in [1.807, 2.05) is 0 Å². The van der Waals surface area contributed by atoms with E-state index in [-0.39, 0.29) is 23.5 Å². The summed E-state index contributed by atoms with van der Waals surface area (Å²) in [4.78, 5) is 29.0. The van der Waals surface area contributed by atoms with Gasteiger partial charge in [0.2, 0.25) is 0 Å². The summed E-state index contributed by atoms with van der Waals surface area (Å²) in [7, 11) is 1.32. The third kappa shape index (κ3) is 3.17. The Morgan fingerprint density at radius 1 is 1.29 bits per heavy atom. The van der Waals surface area contributed by atoms with Gasteiger partial charge in [-0.3, -0.25) is 9.59 Å². The highest BCUT2D eigenvalue weighted by molar-refractivity contribution is 8.01. The summed E-state index contributed by atoms with van der Waals surface area (Å²) in [6, 6.07) is 2.83. The summed E-state index contributed by atoms with van der Waals surface area (Å²) >= 11 is 1.32. The third-order valence-electron chi connectivity index (χ3n) is 5.17. The van der Waals surface area contributed by atoms with Gasteiger partial charge in [-0.05, 0) is 30.7 Å². The monoisotopic (exact) mass is 408 g/mol. The van der Waals surface area contributed by atoms with Crippen LogP contribution in [0.4, 0.5) is 8.78 Å². The smallest absolute Gasteiger partial charge is 0.312 e. The Balaban J connectivity index is 1.50. The van der Waals surface area contributed by atoms with Crippen molar-refractivity contribution in [2.45, 2.75) is 23.8 Å². The molecule has 4 atom stereocenters. The van der Waals surface area contributed by atoms with Gasteiger partial charge in [0.25, 0.3) is 10.8 Å². The van der Waals surface area contributed by atoms with Crippen LogP contribution in [0.1, 0.15) is 18.4 Å². The number of fused-ring (bicyclic) bond motifs is 1. The van der Waals surface area contributed by atoms with Gasteiger partial charge in [-0.1, -0.05) is 17.3 Å². The zero-order valence-electron chi connectivity index (χ0n) is 15.0. The van der Waals surface area contributed by atoms with Gasteiger partial charge in [-0.25, -0.2) is 8.78 Å². The summed E-state index contributed by atoms with van der Waals surface area (Å²) < 4.78 is 32.0. The van der Waals surface area contributed by atoms with Gasteiger partial charge in [0.1, 0.15) is 11.6 Å². The Morgan fingerprint density at radius 3 is 2.75 bits per heavy atom. The Morgan fingerprint density at radius 2 is 2.04 bits per heavy atom. The van der Waals surface area contributed by atoms with E-state index in [1.54, 1.807) is 12.2 Å². The molecule has 1 fully saturated rings. The highest BCUT2D eigenvalue weighted by Crippen LogP contribution is 2.50. The number of methoxy groups -OCH3 is 1. The molecular formula is C19H18F2N2O4S. The van der Waals surface area contributed by atoms with Crippen molar-refractivity contribution in [3.05, 3.63) is 47.5 Å². The number of carbonyl (C=O) groups excluding carboxylic acids is 2. The zero-order chi connectivity index (χ0) is 19.9. The molecule has 0 saturated carbocycles. The normalized spacial score (nSPS) is 30.5. The summed E-state index contributed by atoms with van der Waals surface area (Å²) in [6.07, 6.45) is 4.47. The van der Waals surface area contributed by atoms with Crippen LogP contribution in [-0.4, -0.2) is 41.4 Å². The number of nitrogens with zero attached hydrogens (tertiary/aromatic N) is 1. The minimum Gasteiger partial charge on any atom is -0.469 e. The first-order valence-corrected chi connectivity index (χ1v) is 9.85. The highest BCUT2D eigenvalue weighted by Gasteiger charge is 2.59. The van der Waals surface area contributed by atoms with Crippen LogP contribution in [-0.2, 0) is 19.2 Å². The molecule has 6 nitrogen and oxygen atoms in total. The number of hydrogen-bond acceptors (Lipinski definition) is 6. The largest absolute Gasteiger partial charge is 0.469 e. The number of carbonyl (C=O) groups is 2. The second kappa shape index (κ2) is 7.20. The average molecular weight is 408 g/mol. The van der Waals surface area contributed by atoms with Crippen LogP contribution in [0.25, 0.3) is 0 Å². The molecular weight excluding hydrogens is 390 g/mol. The molecule has 1 amide bonds. The fraction of sp³-hybridized carbons (Fsp3) is 0.421.